The zero-order chi connectivity index (χ0) is 16.0. The van der Waals surface area contributed by atoms with E-state index in [4.69, 9.17) is 5.73 Å². The monoisotopic (exact) mass is 304 g/mol. The van der Waals surface area contributed by atoms with Gasteiger partial charge in [-0.05, 0) is 31.5 Å². The van der Waals surface area contributed by atoms with E-state index in [-0.39, 0.29) is 6.04 Å². The van der Waals surface area contributed by atoms with E-state index >= 15 is 0 Å². The summed E-state index contributed by atoms with van der Waals surface area (Å²) in [4.78, 5) is 13.4. The Morgan fingerprint density at radius 2 is 1.86 bits per heavy atom. The second kappa shape index (κ2) is 7.42. The molecule has 0 aliphatic heterocycles. The van der Waals surface area contributed by atoms with Crippen LogP contribution in [-0.4, -0.2) is 31.3 Å². The second-order valence-electron chi connectivity index (χ2n) is 4.84. The first-order valence-electron chi connectivity index (χ1n) is 6.50. The van der Waals surface area contributed by atoms with Gasteiger partial charge in [0.15, 0.2) is 0 Å². The number of nitrogens with zero attached hydrogens (tertiary/aromatic N) is 1. The zero-order valence-corrected chi connectivity index (χ0v) is 12.0. The summed E-state index contributed by atoms with van der Waals surface area (Å²) in [6.07, 6.45) is -4.44. The van der Waals surface area contributed by atoms with Gasteiger partial charge >= 0.3 is 6.18 Å². The number of hydrogen-bond acceptors (Lipinski definition) is 3. The normalized spacial score (nSPS) is 11.8. The number of alkyl halides is 3. The molecule has 0 aliphatic carbocycles. The Morgan fingerprint density at radius 3 is 2.29 bits per heavy atom. The summed E-state index contributed by atoms with van der Waals surface area (Å²) >= 11 is 0. The maximum atomic E-state index is 12.0. The van der Waals surface area contributed by atoms with E-state index in [1.807, 2.05) is 0 Å². The van der Waals surface area contributed by atoms with Crippen LogP contribution in [0.15, 0.2) is 24.3 Å². The van der Waals surface area contributed by atoms with Crippen LogP contribution in [0.25, 0.3) is 0 Å². The molecule has 21 heavy (non-hydrogen) atoms. The van der Waals surface area contributed by atoms with Crippen molar-refractivity contribution in [2.75, 3.05) is 18.1 Å². The molecule has 0 aromatic heterocycles. The smallest absolute Gasteiger partial charge is 0.362 e. The van der Waals surface area contributed by atoms with E-state index in [2.05, 4.69) is 4.74 Å². The third kappa shape index (κ3) is 5.73. The maximum Gasteiger partial charge on any atom is 0.411 e. The van der Waals surface area contributed by atoms with Crippen molar-refractivity contribution < 1.29 is 22.7 Å². The molecule has 0 saturated carbocycles. The van der Waals surface area contributed by atoms with E-state index in [1.165, 1.54) is 4.90 Å². The van der Waals surface area contributed by atoms with E-state index in [0.29, 0.717) is 12.2 Å². The van der Waals surface area contributed by atoms with Crippen LogP contribution in [0, 0.1) is 0 Å². The van der Waals surface area contributed by atoms with Crippen molar-refractivity contribution in [3.8, 4) is 0 Å². The van der Waals surface area contributed by atoms with Crippen molar-refractivity contribution >= 4 is 11.6 Å². The molecule has 1 aromatic carbocycles. The molecule has 0 fully saturated rings. The first-order valence-corrected chi connectivity index (χ1v) is 6.50. The predicted octanol–water partition coefficient (Wildman–Crippen LogP) is 2.47. The number of amides is 1. The fraction of sp³-hybridized carbons (Fsp3) is 0.500. The second-order valence-corrected chi connectivity index (χ2v) is 4.84. The van der Waals surface area contributed by atoms with Gasteiger partial charge in [0.25, 0.3) is 5.91 Å². The molecule has 118 valence electrons. The van der Waals surface area contributed by atoms with Gasteiger partial charge in [0.05, 0.1) is 0 Å². The van der Waals surface area contributed by atoms with Crippen molar-refractivity contribution in [1.82, 2.24) is 0 Å². The van der Waals surface area contributed by atoms with Crippen molar-refractivity contribution in [1.29, 1.82) is 0 Å². The molecular formula is C14H19F3N2O2. The Bertz CT molecular complexity index is 458. The van der Waals surface area contributed by atoms with Crippen molar-refractivity contribution in [3.05, 3.63) is 29.8 Å². The van der Waals surface area contributed by atoms with Crippen LogP contribution in [0.4, 0.5) is 18.9 Å². The lowest BCUT2D eigenvalue weighted by Gasteiger charge is -2.27. The molecule has 0 saturated heterocycles. The van der Waals surface area contributed by atoms with Crippen molar-refractivity contribution in [2.24, 2.45) is 5.73 Å². The van der Waals surface area contributed by atoms with Crippen LogP contribution in [0.3, 0.4) is 0 Å². The Kier molecular flexibility index (Phi) is 6.17. The zero-order valence-electron chi connectivity index (χ0n) is 12.0. The van der Waals surface area contributed by atoms with Crippen LogP contribution < -0.4 is 10.6 Å². The van der Waals surface area contributed by atoms with Gasteiger partial charge in [0, 0.05) is 18.3 Å². The van der Waals surface area contributed by atoms with Crippen LogP contribution in [-0.2, 0) is 16.1 Å². The summed E-state index contributed by atoms with van der Waals surface area (Å²) in [5, 5.41) is 0. The first-order chi connectivity index (χ1) is 9.74. The van der Waals surface area contributed by atoms with Gasteiger partial charge in [0.2, 0.25) is 0 Å². The van der Waals surface area contributed by atoms with E-state index in [9.17, 15) is 18.0 Å². The number of carbonyl (C=O) groups is 1. The highest BCUT2D eigenvalue weighted by Crippen LogP contribution is 2.19. The number of ether oxygens (including phenoxy) is 1. The molecule has 0 atom stereocenters. The Morgan fingerprint density at radius 1 is 1.29 bits per heavy atom. The SMILES string of the molecule is CC(C)N(C(=O)COCC(F)(F)F)c1ccc(CN)cc1. The van der Waals surface area contributed by atoms with Gasteiger partial charge in [-0.25, -0.2) is 0 Å². The maximum absolute atomic E-state index is 12.0. The summed E-state index contributed by atoms with van der Waals surface area (Å²) in [6, 6.07) is 6.77. The third-order valence-corrected chi connectivity index (χ3v) is 2.73. The standard InChI is InChI=1S/C14H19F3N2O2/c1-10(2)19(12-5-3-11(7-18)4-6-12)13(20)8-21-9-14(15,16)17/h3-6,10H,7-9,18H2,1-2H3. The van der Waals surface area contributed by atoms with Crippen LogP contribution in [0.2, 0.25) is 0 Å². The molecule has 4 nitrogen and oxygen atoms in total. The van der Waals surface area contributed by atoms with Gasteiger partial charge in [-0.15, -0.1) is 0 Å². The Labute approximate surface area is 121 Å². The van der Waals surface area contributed by atoms with Crippen LogP contribution in [0.1, 0.15) is 19.4 Å². The molecule has 1 rings (SSSR count). The molecule has 0 aliphatic rings. The summed E-state index contributed by atoms with van der Waals surface area (Å²) in [6.45, 7) is 1.88. The van der Waals surface area contributed by atoms with Crippen LogP contribution in [0.5, 0.6) is 0 Å². The van der Waals surface area contributed by atoms with Gasteiger partial charge in [-0.3, -0.25) is 4.79 Å². The molecule has 0 spiro atoms. The number of hydrogen-bond donors (Lipinski definition) is 1. The molecule has 0 bridgehead atoms. The lowest BCUT2D eigenvalue weighted by Crippen LogP contribution is -2.40. The average Bonchev–Trinajstić information content (AvgIpc) is 2.37. The Balaban J connectivity index is 2.74. The van der Waals surface area contributed by atoms with Gasteiger partial charge in [-0.2, -0.15) is 13.2 Å². The molecule has 7 heteroatoms. The minimum absolute atomic E-state index is 0.198. The lowest BCUT2D eigenvalue weighted by atomic mass is 10.1. The number of halogens is 3. The van der Waals surface area contributed by atoms with E-state index in [0.717, 1.165) is 5.56 Å². The van der Waals surface area contributed by atoms with Crippen molar-refractivity contribution in [2.45, 2.75) is 32.6 Å². The largest absolute Gasteiger partial charge is 0.411 e. The highest BCUT2D eigenvalue weighted by atomic mass is 19.4. The van der Waals surface area contributed by atoms with Gasteiger partial charge in [0.1, 0.15) is 13.2 Å². The number of benzene rings is 1. The highest BCUT2D eigenvalue weighted by Gasteiger charge is 2.28. The van der Waals surface area contributed by atoms with Gasteiger partial charge in [-0.1, -0.05) is 12.1 Å². The van der Waals surface area contributed by atoms with E-state index in [1.54, 1.807) is 38.1 Å². The van der Waals surface area contributed by atoms with Crippen molar-refractivity contribution in [3.63, 3.8) is 0 Å². The number of nitrogens with two attached hydrogens (primary N) is 1. The molecular weight excluding hydrogens is 285 g/mol. The average molecular weight is 304 g/mol. The minimum Gasteiger partial charge on any atom is -0.362 e. The fourth-order valence-electron chi connectivity index (χ4n) is 1.85. The molecule has 1 amide bonds. The van der Waals surface area contributed by atoms with E-state index < -0.39 is 25.3 Å². The summed E-state index contributed by atoms with van der Waals surface area (Å²) in [5.74, 6) is -0.519. The molecule has 0 radical (unpaired) electrons. The Hall–Kier alpha value is -1.60. The summed E-state index contributed by atoms with van der Waals surface area (Å²) < 4.78 is 40.5. The topological polar surface area (TPSA) is 55.6 Å². The molecule has 0 heterocycles. The summed E-state index contributed by atoms with van der Waals surface area (Å²) in [5.41, 5.74) is 7.00. The molecule has 2 N–H and O–H groups in total. The minimum atomic E-state index is -4.44. The lowest BCUT2D eigenvalue weighted by molar-refractivity contribution is -0.175. The first kappa shape index (κ1) is 17.5. The summed E-state index contributed by atoms with van der Waals surface area (Å²) in [7, 11) is 0. The fourth-order valence-corrected chi connectivity index (χ4v) is 1.85. The van der Waals surface area contributed by atoms with Gasteiger partial charge < -0.3 is 15.4 Å². The third-order valence-electron chi connectivity index (χ3n) is 2.73. The predicted molar refractivity (Wildman–Crippen MR) is 73.8 cm³/mol. The number of anilines is 1. The quantitative estimate of drug-likeness (QED) is 0.878. The number of rotatable bonds is 6. The molecule has 0 unspecified atom stereocenters. The highest BCUT2D eigenvalue weighted by molar-refractivity contribution is 5.94. The number of carbonyl (C=O) groups excluding carboxylic acids is 1. The molecule has 1 aromatic rings. The van der Waals surface area contributed by atoms with Crippen LogP contribution >= 0.6 is 0 Å².